The van der Waals surface area contributed by atoms with Gasteiger partial charge in [0.15, 0.2) is 5.76 Å². The Morgan fingerprint density at radius 2 is 2.46 bits per heavy atom. The Balaban J connectivity index is 1.58. The minimum atomic E-state index is -0.924. The molecule has 2 aromatic rings. The van der Waals surface area contributed by atoms with E-state index in [1.54, 1.807) is 0 Å². The molecule has 1 aliphatic heterocycles. The average molecular weight is 331 g/mol. The van der Waals surface area contributed by atoms with E-state index in [2.05, 4.69) is 15.5 Å². The van der Waals surface area contributed by atoms with Crippen LogP contribution in [0, 0.1) is 18.3 Å². The van der Waals surface area contributed by atoms with Crippen LogP contribution in [0.15, 0.2) is 22.9 Å². The van der Waals surface area contributed by atoms with Crippen LogP contribution in [0.5, 0.6) is 0 Å². The van der Waals surface area contributed by atoms with Crippen LogP contribution in [0.3, 0.4) is 0 Å². The van der Waals surface area contributed by atoms with Crippen molar-refractivity contribution in [1.82, 2.24) is 20.4 Å². The maximum absolute atomic E-state index is 13.8. The highest BCUT2D eigenvalue weighted by molar-refractivity contribution is 5.92. The summed E-state index contributed by atoms with van der Waals surface area (Å²) >= 11 is 0. The van der Waals surface area contributed by atoms with Gasteiger partial charge in [-0.2, -0.15) is 5.26 Å². The molecule has 0 aliphatic carbocycles. The van der Waals surface area contributed by atoms with Crippen LogP contribution in [-0.2, 0) is 6.54 Å². The monoisotopic (exact) mass is 331 g/mol. The first-order valence-electron chi connectivity index (χ1n) is 7.72. The summed E-state index contributed by atoms with van der Waals surface area (Å²) in [6.07, 6.45) is 0.911. The first-order chi connectivity index (χ1) is 11.5. The molecule has 7 nitrogen and oxygen atoms in total. The smallest absolute Gasteiger partial charge is 0.267 e. The first-order valence-corrected chi connectivity index (χ1v) is 7.72. The van der Waals surface area contributed by atoms with E-state index in [1.165, 1.54) is 12.3 Å². The first kappa shape index (κ1) is 16.2. The van der Waals surface area contributed by atoms with E-state index in [-0.39, 0.29) is 11.9 Å². The number of amides is 1. The Kier molecular flexibility index (Phi) is 4.62. The standard InChI is InChI=1S/C16H18FN5O2/c1-10-2-14(24-21-10)9-22-8-12(17)4-13(22)7-20-16(23)15-3-11(5-18)6-19-15/h2-3,6,12-13,19H,4,7-9H2,1H3,(H,20,23)/t12-,13-/m0/s1. The number of carbonyl (C=O) groups excluding carboxylic acids is 1. The number of aromatic amines is 1. The van der Waals surface area contributed by atoms with Gasteiger partial charge in [0.25, 0.3) is 5.91 Å². The number of nitrogens with one attached hydrogen (secondary N) is 2. The third kappa shape index (κ3) is 3.63. The SMILES string of the molecule is Cc1cc(CN2C[C@@H](F)C[C@H]2CNC(=O)c2cc(C#N)c[nH]2)on1. The second kappa shape index (κ2) is 6.84. The van der Waals surface area contributed by atoms with Crippen molar-refractivity contribution in [2.45, 2.75) is 32.1 Å². The third-order valence-electron chi connectivity index (χ3n) is 4.07. The number of hydrogen-bond acceptors (Lipinski definition) is 5. The lowest BCUT2D eigenvalue weighted by Crippen LogP contribution is -2.39. The van der Waals surface area contributed by atoms with Crippen molar-refractivity contribution in [2.24, 2.45) is 0 Å². The lowest BCUT2D eigenvalue weighted by atomic mass is 10.2. The van der Waals surface area contributed by atoms with E-state index in [9.17, 15) is 9.18 Å². The Morgan fingerprint density at radius 3 is 3.12 bits per heavy atom. The fourth-order valence-corrected chi connectivity index (χ4v) is 2.92. The minimum Gasteiger partial charge on any atom is -0.360 e. The van der Waals surface area contributed by atoms with Crippen molar-refractivity contribution in [3.63, 3.8) is 0 Å². The number of halogens is 1. The van der Waals surface area contributed by atoms with E-state index >= 15 is 0 Å². The van der Waals surface area contributed by atoms with Gasteiger partial charge in [0.05, 0.1) is 17.8 Å². The van der Waals surface area contributed by atoms with Crippen molar-refractivity contribution in [2.75, 3.05) is 13.1 Å². The number of likely N-dealkylation sites (tertiary alicyclic amines) is 1. The second-order valence-electron chi connectivity index (χ2n) is 5.97. The third-order valence-corrected chi connectivity index (χ3v) is 4.07. The molecule has 2 aromatic heterocycles. The number of nitriles is 1. The van der Waals surface area contributed by atoms with Gasteiger partial charge in [-0.05, 0) is 19.4 Å². The van der Waals surface area contributed by atoms with Crippen molar-refractivity contribution in [1.29, 1.82) is 5.26 Å². The summed E-state index contributed by atoms with van der Waals surface area (Å²) in [5.41, 5.74) is 1.50. The molecule has 8 heteroatoms. The normalized spacial score (nSPS) is 20.9. The summed E-state index contributed by atoms with van der Waals surface area (Å²) < 4.78 is 19.0. The molecule has 1 fully saturated rings. The van der Waals surface area contributed by atoms with E-state index in [4.69, 9.17) is 9.78 Å². The zero-order chi connectivity index (χ0) is 17.1. The molecule has 0 unspecified atom stereocenters. The molecule has 3 heterocycles. The van der Waals surface area contributed by atoms with Gasteiger partial charge >= 0.3 is 0 Å². The van der Waals surface area contributed by atoms with Gasteiger partial charge < -0.3 is 14.8 Å². The quantitative estimate of drug-likeness (QED) is 0.866. The number of aryl methyl sites for hydroxylation is 1. The highest BCUT2D eigenvalue weighted by atomic mass is 19.1. The highest BCUT2D eigenvalue weighted by Crippen LogP contribution is 2.22. The van der Waals surface area contributed by atoms with Crippen LogP contribution in [0.2, 0.25) is 0 Å². The molecule has 24 heavy (non-hydrogen) atoms. The molecule has 0 bridgehead atoms. The lowest BCUT2D eigenvalue weighted by molar-refractivity contribution is 0.0934. The van der Waals surface area contributed by atoms with Crippen LogP contribution in [0.4, 0.5) is 4.39 Å². The fourth-order valence-electron chi connectivity index (χ4n) is 2.92. The predicted molar refractivity (Wildman–Crippen MR) is 82.8 cm³/mol. The van der Waals surface area contributed by atoms with E-state index in [0.717, 1.165) is 5.69 Å². The molecule has 3 rings (SSSR count). The highest BCUT2D eigenvalue weighted by Gasteiger charge is 2.33. The number of nitrogens with zero attached hydrogens (tertiary/aromatic N) is 3. The molecule has 1 aliphatic rings. The van der Waals surface area contributed by atoms with Gasteiger partial charge in [0.2, 0.25) is 0 Å². The van der Waals surface area contributed by atoms with Gasteiger partial charge in [-0.3, -0.25) is 9.69 Å². The molecule has 1 saturated heterocycles. The number of aromatic nitrogens is 2. The Hall–Kier alpha value is -2.66. The Labute approximate surface area is 138 Å². The van der Waals surface area contributed by atoms with Crippen LogP contribution >= 0.6 is 0 Å². The maximum Gasteiger partial charge on any atom is 0.267 e. The van der Waals surface area contributed by atoms with Gasteiger partial charge in [0, 0.05) is 31.4 Å². The summed E-state index contributed by atoms with van der Waals surface area (Å²) in [7, 11) is 0. The molecule has 1 amide bonds. The van der Waals surface area contributed by atoms with Gasteiger partial charge in [-0.1, -0.05) is 5.16 Å². The predicted octanol–water partition coefficient (Wildman–Crippen LogP) is 1.53. The molecular weight excluding hydrogens is 313 g/mol. The average Bonchev–Trinajstić information content (AvgIpc) is 3.26. The van der Waals surface area contributed by atoms with E-state index < -0.39 is 6.17 Å². The lowest BCUT2D eigenvalue weighted by Gasteiger charge is -2.22. The van der Waals surface area contributed by atoms with Crippen molar-refractivity contribution in [3.8, 4) is 6.07 Å². The summed E-state index contributed by atoms with van der Waals surface area (Å²) in [6, 6.07) is 5.15. The number of rotatable bonds is 5. The molecule has 0 saturated carbocycles. The molecule has 0 radical (unpaired) electrons. The van der Waals surface area contributed by atoms with Crippen molar-refractivity contribution in [3.05, 3.63) is 41.0 Å². The van der Waals surface area contributed by atoms with Crippen LogP contribution in [0.1, 0.15) is 33.9 Å². The second-order valence-corrected chi connectivity index (χ2v) is 5.97. The summed E-state index contributed by atoms with van der Waals surface area (Å²) in [5, 5.41) is 15.4. The largest absolute Gasteiger partial charge is 0.360 e. The van der Waals surface area contributed by atoms with E-state index in [0.29, 0.717) is 43.1 Å². The molecule has 2 atom stereocenters. The molecular formula is C16H18FN5O2. The fraction of sp³-hybridized carbons (Fsp3) is 0.438. The molecule has 0 spiro atoms. The zero-order valence-corrected chi connectivity index (χ0v) is 13.3. The minimum absolute atomic E-state index is 0.111. The Morgan fingerprint density at radius 1 is 1.62 bits per heavy atom. The summed E-state index contributed by atoms with van der Waals surface area (Å²) in [4.78, 5) is 16.8. The number of carbonyl (C=O) groups is 1. The van der Waals surface area contributed by atoms with Crippen LogP contribution in [-0.4, -0.2) is 46.3 Å². The molecule has 2 N–H and O–H groups in total. The number of hydrogen-bond donors (Lipinski definition) is 2. The van der Waals surface area contributed by atoms with Gasteiger partial charge in [-0.25, -0.2) is 4.39 Å². The number of H-pyrrole nitrogens is 1. The molecule has 0 aromatic carbocycles. The Bertz CT molecular complexity index is 763. The van der Waals surface area contributed by atoms with Gasteiger partial charge in [0.1, 0.15) is 17.9 Å². The number of alkyl halides is 1. The molecule has 126 valence electrons. The summed E-state index contributed by atoms with van der Waals surface area (Å²) in [5.74, 6) is 0.371. The van der Waals surface area contributed by atoms with Crippen LogP contribution in [0.25, 0.3) is 0 Å². The van der Waals surface area contributed by atoms with Crippen molar-refractivity contribution < 1.29 is 13.7 Å². The topological polar surface area (TPSA) is 98.0 Å². The van der Waals surface area contributed by atoms with Crippen LogP contribution < -0.4 is 5.32 Å². The van der Waals surface area contributed by atoms with Crippen molar-refractivity contribution >= 4 is 5.91 Å². The summed E-state index contributed by atoms with van der Waals surface area (Å²) in [6.45, 7) is 2.93. The maximum atomic E-state index is 13.8. The van der Waals surface area contributed by atoms with E-state index in [1.807, 2.05) is 24.0 Å². The zero-order valence-electron chi connectivity index (χ0n) is 13.3. The van der Waals surface area contributed by atoms with Gasteiger partial charge in [-0.15, -0.1) is 0 Å².